The van der Waals surface area contributed by atoms with Crippen molar-refractivity contribution in [2.24, 2.45) is 5.41 Å². The molecule has 1 spiro atoms. The Morgan fingerprint density at radius 2 is 1.91 bits per heavy atom. The number of nitrogens with one attached hydrogen (secondary N) is 1. The molecule has 7 heteroatoms. The molecule has 2 aromatic carbocycles. The first kappa shape index (κ1) is 21.1. The first-order valence-electron chi connectivity index (χ1n) is 12.7. The highest BCUT2D eigenvalue weighted by Crippen LogP contribution is 2.35. The summed E-state index contributed by atoms with van der Waals surface area (Å²) in [5, 5.41) is 4.84. The third kappa shape index (κ3) is 3.65. The first-order chi connectivity index (χ1) is 17.1. The van der Waals surface area contributed by atoms with Crippen LogP contribution in [0.25, 0.3) is 27.8 Å². The fraction of sp³-hybridized carbons (Fsp3) is 0.429. The van der Waals surface area contributed by atoms with E-state index < -0.39 is 0 Å². The molecule has 5 heterocycles. The fourth-order valence-electron chi connectivity index (χ4n) is 5.65. The van der Waals surface area contributed by atoms with E-state index in [0.29, 0.717) is 12.1 Å². The van der Waals surface area contributed by atoms with Crippen molar-refractivity contribution in [3.8, 4) is 11.6 Å². The van der Waals surface area contributed by atoms with Gasteiger partial charge in [0, 0.05) is 35.5 Å². The molecule has 35 heavy (non-hydrogen) atoms. The number of aromatic nitrogens is 3. The predicted octanol–water partition coefficient (Wildman–Crippen LogP) is 4.32. The van der Waals surface area contributed by atoms with Gasteiger partial charge in [-0.3, -0.25) is 4.57 Å². The lowest BCUT2D eigenvalue weighted by molar-refractivity contribution is -0.120. The summed E-state index contributed by atoms with van der Waals surface area (Å²) in [6, 6.07) is 16.9. The van der Waals surface area contributed by atoms with Crippen molar-refractivity contribution < 1.29 is 9.47 Å². The van der Waals surface area contributed by atoms with E-state index in [2.05, 4.69) is 63.1 Å². The molecule has 3 aliphatic heterocycles. The molecule has 0 unspecified atom stereocenters. The number of benzene rings is 2. The van der Waals surface area contributed by atoms with Gasteiger partial charge in [-0.15, -0.1) is 0 Å². The molecule has 4 aromatic rings. The number of hydrogen-bond acceptors (Lipinski definition) is 6. The second kappa shape index (κ2) is 7.93. The molecule has 7 nitrogen and oxygen atoms in total. The molecule has 0 aliphatic carbocycles. The Morgan fingerprint density at radius 1 is 1.06 bits per heavy atom. The second-order valence-electron chi connectivity index (χ2n) is 10.8. The van der Waals surface area contributed by atoms with E-state index in [1.807, 2.05) is 18.5 Å². The largest absolute Gasteiger partial charge is 0.493 e. The monoisotopic (exact) mass is 469 g/mol. The van der Waals surface area contributed by atoms with Crippen molar-refractivity contribution in [1.82, 2.24) is 19.9 Å². The Balaban J connectivity index is 1.18. The molecule has 0 radical (unpaired) electrons. The molecule has 0 amide bonds. The van der Waals surface area contributed by atoms with Crippen LogP contribution in [0.15, 0.2) is 54.9 Å². The van der Waals surface area contributed by atoms with Crippen molar-refractivity contribution in [2.45, 2.75) is 31.7 Å². The van der Waals surface area contributed by atoms with Gasteiger partial charge in [-0.2, -0.15) is 0 Å². The number of fused-ring (bicyclic) bond motifs is 2. The number of imidazole rings is 1. The van der Waals surface area contributed by atoms with Gasteiger partial charge in [0.2, 0.25) is 0 Å². The number of pyridine rings is 1. The minimum atomic E-state index is 0.115. The fourth-order valence-corrected chi connectivity index (χ4v) is 5.65. The Labute approximate surface area is 205 Å². The molecule has 0 saturated carbocycles. The molecule has 2 aromatic heterocycles. The summed E-state index contributed by atoms with van der Waals surface area (Å²) in [7, 11) is 0. The van der Waals surface area contributed by atoms with Crippen molar-refractivity contribution in [3.63, 3.8) is 0 Å². The van der Waals surface area contributed by atoms with Gasteiger partial charge in [-0.1, -0.05) is 19.1 Å². The zero-order valence-corrected chi connectivity index (χ0v) is 20.2. The summed E-state index contributed by atoms with van der Waals surface area (Å²) in [6.07, 6.45) is 5.57. The van der Waals surface area contributed by atoms with Crippen molar-refractivity contribution in [2.75, 3.05) is 44.4 Å². The average Bonchev–Trinajstić information content (AvgIpc) is 3.28. The maximum Gasteiger partial charge on any atom is 0.139 e. The van der Waals surface area contributed by atoms with E-state index in [-0.39, 0.29) is 5.41 Å². The Hall–Kier alpha value is -3.16. The highest BCUT2D eigenvalue weighted by atomic mass is 16.5. The van der Waals surface area contributed by atoms with Gasteiger partial charge in [0.1, 0.15) is 17.9 Å². The molecule has 1 N–H and O–H groups in total. The van der Waals surface area contributed by atoms with E-state index in [1.54, 1.807) is 0 Å². The van der Waals surface area contributed by atoms with Crippen LogP contribution in [0.2, 0.25) is 0 Å². The lowest BCUT2D eigenvalue weighted by atomic mass is 9.79. The Morgan fingerprint density at radius 3 is 2.66 bits per heavy atom. The molecule has 3 aliphatic rings. The minimum absolute atomic E-state index is 0.115. The number of anilines is 1. The lowest BCUT2D eigenvalue weighted by Crippen LogP contribution is -2.61. The summed E-state index contributed by atoms with van der Waals surface area (Å²) < 4.78 is 13.5. The Bertz CT molecular complexity index is 1400. The van der Waals surface area contributed by atoms with E-state index in [0.717, 1.165) is 54.4 Å². The molecule has 7 rings (SSSR count). The smallest absolute Gasteiger partial charge is 0.139 e. The first-order valence-corrected chi connectivity index (χ1v) is 12.7. The van der Waals surface area contributed by atoms with Crippen LogP contribution in [-0.4, -0.2) is 59.5 Å². The summed E-state index contributed by atoms with van der Waals surface area (Å²) in [4.78, 5) is 12.3. The van der Waals surface area contributed by atoms with Gasteiger partial charge in [0.25, 0.3) is 0 Å². The van der Waals surface area contributed by atoms with Gasteiger partial charge in [-0.25, -0.2) is 9.97 Å². The van der Waals surface area contributed by atoms with E-state index in [9.17, 15) is 0 Å². The second-order valence-corrected chi connectivity index (χ2v) is 10.8. The third-order valence-electron chi connectivity index (χ3n) is 8.10. The summed E-state index contributed by atoms with van der Waals surface area (Å²) in [5.41, 5.74) is 4.72. The van der Waals surface area contributed by atoms with Crippen molar-refractivity contribution in [1.29, 1.82) is 0 Å². The predicted molar refractivity (Wildman–Crippen MR) is 138 cm³/mol. The number of ether oxygens (including phenoxy) is 2. The molecule has 3 fully saturated rings. The molecular formula is C28H31N5O2. The number of rotatable bonds is 5. The zero-order valence-electron chi connectivity index (χ0n) is 20.2. The topological polar surface area (TPSA) is 64.4 Å². The van der Waals surface area contributed by atoms with Gasteiger partial charge in [0.05, 0.1) is 42.1 Å². The quantitative estimate of drug-likeness (QED) is 0.470. The van der Waals surface area contributed by atoms with Gasteiger partial charge < -0.3 is 19.7 Å². The summed E-state index contributed by atoms with van der Waals surface area (Å²) >= 11 is 0. The number of para-hydroxylation sites is 1. The standard InChI is InChI=1S/C28H31N5O2/c1-27(16-34-17-27)18-35-21-6-7-23-22(15-21)29-19-33(23)25-8-5-20-3-2-4-24(26(20)31-25)32-13-10-28(11-14-32)9-12-30-28/h2-8,15,19,30H,9-14,16-18H2,1H3. The van der Waals surface area contributed by atoms with Gasteiger partial charge >= 0.3 is 0 Å². The van der Waals surface area contributed by atoms with E-state index in [1.165, 1.54) is 36.9 Å². The van der Waals surface area contributed by atoms with Gasteiger partial charge in [0.15, 0.2) is 0 Å². The molecular weight excluding hydrogens is 438 g/mol. The van der Waals surface area contributed by atoms with Crippen LogP contribution in [0, 0.1) is 5.41 Å². The number of hydrogen-bond donors (Lipinski definition) is 1. The van der Waals surface area contributed by atoms with Crippen LogP contribution in [0.1, 0.15) is 26.2 Å². The number of piperidine rings is 1. The van der Waals surface area contributed by atoms with Crippen LogP contribution < -0.4 is 15.0 Å². The maximum absolute atomic E-state index is 6.05. The zero-order chi connectivity index (χ0) is 23.5. The SMILES string of the molecule is CC1(COc2ccc3c(c2)ncn3-c2ccc3cccc(N4CCC5(CCN5)CC4)c3n2)COC1. The third-order valence-corrected chi connectivity index (χ3v) is 8.10. The average molecular weight is 470 g/mol. The summed E-state index contributed by atoms with van der Waals surface area (Å²) in [6.45, 7) is 7.67. The van der Waals surface area contributed by atoms with Crippen LogP contribution >= 0.6 is 0 Å². The van der Waals surface area contributed by atoms with Crippen molar-refractivity contribution >= 4 is 27.6 Å². The highest BCUT2D eigenvalue weighted by Gasteiger charge is 2.39. The normalized spacial score (nSPS) is 20.7. The van der Waals surface area contributed by atoms with Crippen LogP contribution in [-0.2, 0) is 4.74 Å². The number of nitrogens with zero attached hydrogens (tertiary/aromatic N) is 4. The van der Waals surface area contributed by atoms with Crippen molar-refractivity contribution in [3.05, 3.63) is 54.9 Å². The minimum Gasteiger partial charge on any atom is -0.493 e. The lowest BCUT2D eigenvalue weighted by Gasteiger charge is -2.49. The highest BCUT2D eigenvalue weighted by molar-refractivity contribution is 5.92. The molecule has 180 valence electrons. The molecule has 0 atom stereocenters. The van der Waals surface area contributed by atoms with Crippen LogP contribution in [0.3, 0.4) is 0 Å². The van der Waals surface area contributed by atoms with Crippen LogP contribution in [0.5, 0.6) is 5.75 Å². The van der Waals surface area contributed by atoms with E-state index in [4.69, 9.17) is 14.5 Å². The molecule has 3 saturated heterocycles. The maximum atomic E-state index is 6.05. The molecule has 0 bridgehead atoms. The Kier molecular flexibility index (Phi) is 4.79. The van der Waals surface area contributed by atoms with Gasteiger partial charge in [-0.05, 0) is 56.1 Å². The van der Waals surface area contributed by atoms with E-state index >= 15 is 0 Å². The summed E-state index contributed by atoms with van der Waals surface area (Å²) in [5.74, 6) is 1.72. The van der Waals surface area contributed by atoms with Crippen LogP contribution in [0.4, 0.5) is 5.69 Å².